The molecule has 1 aliphatic heterocycles. The highest BCUT2D eigenvalue weighted by molar-refractivity contribution is 9.11. The lowest BCUT2D eigenvalue weighted by molar-refractivity contribution is 0.0148. The summed E-state index contributed by atoms with van der Waals surface area (Å²) in [6, 6.07) is 4.96. The van der Waals surface area contributed by atoms with E-state index in [0.717, 1.165) is 19.4 Å². The fourth-order valence-corrected chi connectivity index (χ4v) is 4.52. The molecule has 0 radical (unpaired) electrons. The van der Waals surface area contributed by atoms with Gasteiger partial charge in [-0.3, -0.25) is 0 Å². The van der Waals surface area contributed by atoms with Crippen LogP contribution in [0.1, 0.15) is 33.6 Å². The Morgan fingerprint density at radius 2 is 1.96 bits per heavy atom. The fourth-order valence-electron chi connectivity index (χ4n) is 2.46. The summed E-state index contributed by atoms with van der Waals surface area (Å²) in [7, 11) is -1.97. The minimum atomic E-state index is -3.63. The highest BCUT2D eigenvalue weighted by Crippen LogP contribution is 2.24. The van der Waals surface area contributed by atoms with E-state index in [4.69, 9.17) is 14.6 Å². The number of primary sulfonamides is 1. The first-order valence-electron chi connectivity index (χ1n) is 8.31. The lowest BCUT2D eigenvalue weighted by Gasteiger charge is -2.28. The van der Waals surface area contributed by atoms with Crippen molar-refractivity contribution < 1.29 is 22.7 Å². The Morgan fingerprint density at radius 1 is 1.33 bits per heavy atom. The number of carbonyl (C=O) groups excluding carboxylic acids is 1. The molecule has 1 aliphatic rings. The zero-order valence-corrected chi connectivity index (χ0v) is 19.9. The minimum Gasteiger partial charge on any atom is -0.444 e. The molecule has 1 saturated heterocycles. The normalized spacial score (nSPS) is 17.3. The van der Waals surface area contributed by atoms with Gasteiger partial charge in [-0.15, -0.1) is 0 Å². The quantitative estimate of drug-likeness (QED) is 0.640. The van der Waals surface area contributed by atoms with Crippen LogP contribution >= 0.6 is 31.9 Å². The second kappa shape index (κ2) is 10.2. The van der Waals surface area contributed by atoms with E-state index in [1.807, 2.05) is 20.8 Å². The SMILES string of the molecule is COC[C@H]1CCCN1C(=O)OC(C)(C)C.NS(=O)(=O)c1cc(Br)ccc1Br. The molecular weight excluding hydrogens is 504 g/mol. The highest BCUT2D eigenvalue weighted by atomic mass is 79.9. The smallest absolute Gasteiger partial charge is 0.410 e. The van der Waals surface area contributed by atoms with E-state index in [1.54, 1.807) is 24.1 Å². The molecule has 154 valence electrons. The van der Waals surface area contributed by atoms with E-state index >= 15 is 0 Å². The summed E-state index contributed by atoms with van der Waals surface area (Å²) in [5.74, 6) is 0. The zero-order valence-electron chi connectivity index (χ0n) is 15.9. The van der Waals surface area contributed by atoms with Crippen LogP contribution in [0.4, 0.5) is 4.79 Å². The van der Waals surface area contributed by atoms with E-state index in [-0.39, 0.29) is 17.0 Å². The number of carbonyl (C=O) groups is 1. The molecule has 1 heterocycles. The highest BCUT2D eigenvalue weighted by Gasteiger charge is 2.31. The zero-order chi connectivity index (χ0) is 20.8. The van der Waals surface area contributed by atoms with Crippen molar-refractivity contribution >= 4 is 48.0 Å². The maximum Gasteiger partial charge on any atom is 0.410 e. The van der Waals surface area contributed by atoms with Gasteiger partial charge in [-0.2, -0.15) is 0 Å². The molecule has 0 unspecified atom stereocenters. The molecule has 27 heavy (non-hydrogen) atoms. The molecule has 0 aromatic heterocycles. The lowest BCUT2D eigenvalue weighted by atomic mass is 10.2. The van der Waals surface area contributed by atoms with Crippen LogP contribution in [-0.2, 0) is 19.5 Å². The summed E-state index contributed by atoms with van der Waals surface area (Å²) in [4.78, 5) is 13.6. The van der Waals surface area contributed by atoms with Crippen LogP contribution < -0.4 is 5.14 Å². The Hall–Kier alpha value is -0.680. The van der Waals surface area contributed by atoms with E-state index < -0.39 is 15.6 Å². The molecule has 2 rings (SSSR count). The standard InChI is InChI=1S/C11H21NO3.C6H5Br2NO2S/c1-11(2,3)15-10(13)12-7-5-6-9(12)8-14-4;7-4-1-2-5(8)6(3-4)12(9,10)11/h9H,5-8H2,1-4H3;1-3H,(H2,9,10,11)/t9-;/m1./s1. The van der Waals surface area contributed by atoms with Gasteiger partial charge in [0.1, 0.15) is 5.60 Å². The van der Waals surface area contributed by atoms with Gasteiger partial charge in [0.05, 0.1) is 17.5 Å². The van der Waals surface area contributed by atoms with Crippen LogP contribution in [0.3, 0.4) is 0 Å². The molecule has 2 N–H and O–H groups in total. The monoisotopic (exact) mass is 528 g/mol. The summed E-state index contributed by atoms with van der Waals surface area (Å²) in [6.45, 7) is 7.02. The Morgan fingerprint density at radius 3 is 2.44 bits per heavy atom. The van der Waals surface area contributed by atoms with Crippen LogP contribution in [0, 0.1) is 0 Å². The Bertz CT molecular complexity index is 750. The van der Waals surface area contributed by atoms with Crippen molar-refractivity contribution in [2.75, 3.05) is 20.3 Å². The van der Waals surface area contributed by atoms with Gasteiger partial charge >= 0.3 is 6.09 Å². The average Bonchev–Trinajstić information content (AvgIpc) is 2.96. The molecule has 0 saturated carbocycles. The van der Waals surface area contributed by atoms with Gasteiger partial charge in [0.15, 0.2) is 0 Å². The van der Waals surface area contributed by atoms with E-state index in [9.17, 15) is 13.2 Å². The first kappa shape index (κ1) is 24.4. The summed E-state index contributed by atoms with van der Waals surface area (Å²) in [5, 5.41) is 4.95. The molecule has 1 amide bonds. The van der Waals surface area contributed by atoms with Gasteiger partial charge in [0.2, 0.25) is 10.0 Å². The molecule has 10 heteroatoms. The van der Waals surface area contributed by atoms with Gasteiger partial charge in [0.25, 0.3) is 0 Å². The van der Waals surface area contributed by atoms with E-state index in [2.05, 4.69) is 31.9 Å². The number of amides is 1. The van der Waals surface area contributed by atoms with Crippen molar-refractivity contribution in [1.82, 2.24) is 4.90 Å². The number of methoxy groups -OCH3 is 1. The van der Waals surface area contributed by atoms with Crippen molar-refractivity contribution in [2.24, 2.45) is 5.14 Å². The largest absolute Gasteiger partial charge is 0.444 e. The molecule has 1 aromatic rings. The molecule has 7 nitrogen and oxygen atoms in total. The van der Waals surface area contributed by atoms with Crippen LogP contribution in [0.5, 0.6) is 0 Å². The van der Waals surface area contributed by atoms with Crippen molar-refractivity contribution in [3.63, 3.8) is 0 Å². The number of ether oxygens (including phenoxy) is 2. The number of hydrogen-bond donors (Lipinski definition) is 1. The molecular formula is C17H26Br2N2O5S. The first-order valence-corrected chi connectivity index (χ1v) is 11.4. The van der Waals surface area contributed by atoms with Crippen molar-refractivity contribution in [3.05, 3.63) is 27.1 Å². The molecule has 0 spiro atoms. The Kier molecular flexibility index (Phi) is 9.20. The third kappa shape index (κ3) is 8.47. The van der Waals surface area contributed by atoms with Gasteiger partial charge in [-0.1, -0.05) is 15.9 Å². The molecule has 1 aromatic carbocycles. The summed E-state index contributed by atoms with van der Waals surface area (Å²) >= 11 is 6.23. The third-order valence-corrected chi connectivity index (χ3v) is 5.96. The maximum absolute atomic E-state index is 11.8. The lowest BCUT2D eigenvalue weighted by Crippen LogP contribution is -2.41. The van der Waals surface area contributed by atoms with Gasteiger partial charge in [-0.05, 0) is 67.7 Å². The number of nitrogens with zero attached hydrogens (tertiary/aromatic N) is 1. The maximum atomic E-state index is 11.8. The van der Waals surface area contributed by atoms with Gasteiger partial charge in [-0.25, -0.2) is 18.4 Å². The fraction of sp³-hybridized carbons (Fsp3) is 0.588. The first-order chi connectivity index (χ1) is 12.3. The number of nitrogens with two attached hydrogens (primary N) is 1. The molecule has 0 bridgehead atoms. The van der Waals surface area contributed by atoms with E-state index in [1.165, 1.54) is 6.07 Å². The van der Waals surface area contributed by atoms with Crippen molar-refractivity contribution in [3.8, 4) is 0 Å². The van der Waals surface area contributed by atoms with Gasteiger partial charge < -0.3 is 14.4 Å². The predicted molar refractivity (Wildman–Crippen MR) is 111 cm³/mol. The Balaban J connectivity index is 0.000000277. The Labute approximate surface area is 177 Å². The minimum absolute atomic E-state index is 0.0804. The number of rotatable bonds is 3. The predicted octanol–water partition coefficient (Wildman–Crippen LogP) is 3.89. The van der Waals surface area contributed by atoms with Crippen molar-refractivity contribution in [2.45, 2.75) is 50.2 Å². The third-order valence-electron chi connectivity index (χ3n) is 3.56. The molecule has 0 aliphatic carbocycles. The number of halogens is 2. The number of sulfonamides is 1. The van der Waals surface area contributed by atoms with Crippen LogP contribution in [0.15, 0.2) is 32.0 Å². The van der Waals surface area contributed by atoms with Crippen molar-refractivity contribution in [1.29, 1.82) is 0 Å². The topological polar surface area (TPSA) is 98.9 Å². The van der Waals surface area contributed by atoms with Crippen LogP contribution in [0.25, 0.3) is 0 Å². The summed E-state index contributed by atoms with van der Waals surface area (Å²) < 4.78 is 33.4. The summed E-state index contributed by atoms with van der Waals surface area (Å²) in [5.41, 5.74) is -0.419. The average molecular weight is 530 g/mol. The number of benzene rings is 1. The van der Waals surface area contributed by atoms with Gasteiger partial charge in [0, 0.05) is 22.6 Å². The second-order valence-electron chi connectivity index (χ2n) is 7.04. The van der Waals surface area contributed by atoms with E-state index in [0.29, 0.717) is 15.6 Å². The van der Waals surface area contributed by atoms with Crippen LogP contribution in [-0.4, -0.2) is 51.3 Å². The molecule has 1 fully saturated rings. The number of hydrogen-bond acceptors (Lipinski definition) is 5. The molecule has 1 atom stereocenters. The van der Waals surface area contributed by atoms with Crippen LogP contribution in [0.2, 0.25) is 0 Å². The second-order valence-corrected chi connectivity index (χ2v) is 10.3. The summed E-state index contributed by atoms with van der Waals surface area (Å²) in [6.07, 6.45) is 1.82. The number of likely N-dealkylation sites (tertiary alicyclic amines) is 1.